The first-order valence-corrected chi connectivity index (χ1v) is 16.6. The van der Waals surface area contributed by atoms with Crippen LogP contribution >= 0.6 is 23.7 Å². The van der Waals surface area contributed by atoms with Crippen LogP contribution in [0.1, 0.15) is 60.3 Å². The second kappa shape index (κ2) is 18.2. The van der Waals surface area contributed by atoms with Crippen molar-refractivity contribution in [1.82, 2.24) is 4.90 Å². The van der Waals surface area contributed by atoms with Gasteiger partial charge in [-0.15, -0.1) is 23.7 Å². The summed E-state index contributed by atoms with van der Waals surface area (Å²) in [5, 5.41) is 9.71. The fraction of sp³-hybridized carbons (Fsp3) is 0.471. The van der Waals surface area contributed by atoms with E-state index in [1.54, 1.807) is 26.0 Å². The smallest absolute Gasteiger partial charge is 0.307 e. The lowest BCUT2D eigenvalue weighted by molar-refractivity contribution is -0.148. The van der Waals surface area contributed by atoms with Crippen LogP contribution in [0.4, 0.5) is 8.78 Å². The van der Waals surface area contributed by atoms with Gasteiger partial charge in [0.15, 0.2) is 40.4 Å². The maximum absolute atomic E-state index is 15.7. The van der Waals surface area contributed by atoms with Crippen LogP contribution in [-0.4, -0.2) is 74.2 Å². The van der Waals surface area contributed by atoms with Crippen molar-refractivity contribution in [3.63, 3.8) is 0 Å². The van der Waals surface area contributed by atoms with Crippen LogP contribution in [0.2, 0.25) is 0 Å². The molecule has 0 spiro atoms. The fourth-order valence-corrected chi connectivity index (χ4v) is 6.49. The van der Waals surface area contributed by atoms with E-state index >= 15 is 8.78 Å². The quantitative estimate of drug-likeness (QED) is 0.0958. The Balaban J connectivity index is 0.00000676. The van der Waals surface area contributed by atoms with E-state index in [4.69, 9.17) is 29.4 Å². The number of thiophene rings is 1. The first-order chi connectivity index (χ1) is 23.4. The van der Waals surface area contributed by atoms with E-state index in [2.05, 4.69) is 0 Å². The molecule has 1 aliphatic heterocycles. The van der Waals surface area contributed by atoms with Gasteiger partial charge in [-0.1, -0.05) is 6.92 Å². The Morgan fingerprint density at radius 2 is 1.62 bits per heavy atom. The number of carboxylic acids is 1. The number of Topliss-reactive ketones (excluding diaryl/α,β-unsaturated/α-hetero) is 1. The summed E-state index contributed by atoms with van der Waals surface area (Å²) < 4.78 is 58.7. The number of ketones is 1. The molecule has 0 saturated carbocycles. The van der Waals surface area contributed by atoms with Gasteiger partial charge in [0.25, 0.3) is 0 Å². The first kappa shape index (κ1) is 40.2. The molecule has 0 bridgehead atoms. The van der Waals surface area contributed by atoms with Crippen LogP contribution in [0.25, 0.3) is 10.1 Å². The van der Waals surface area contributed by atoms with Gasteiger partial charge in [-0.2, -0.15) is 0 Å². The lowest BCUT2D eigenvalue weighted by atomic mass is 9.90. The van der Waals surface area contributed by atoms with Crippen molar-refractivity contribution in [3.05, 3.63) is 45.8 Å². The number of carbonyl (C=O) groups is 4. The Hall–Kier alpha value is -4.21. The number of methoxy groups -OCH3 is 2. The van der Waals surface area contributed by atoms with E-state index in [0.29, 0.717) is 10.3 Å². The number of aliphatic carboxylic acids is 1. The molecule has 0 aliphatic carbocycles. The molecular formula is C34H41ClF2N2O10S. The minimum atomic E-state index is -1.12. The van der Waals surface area contributed by atoms with Gasteiger partial charge < -0.3 is 39.4 Å². The number of carbonyl (C=O) groups excluding carboxylic acids is 3. The van der Waals surface area contributed by atoms with Crippen LogP contribution in [0, 0.1) is 23.5 Å². The monoisotopic (exact) mass is 742 g/mol. The number of hydrogen-bond acceptors (Lipinski definition) is 11. The number of hydrogen-bond donors (Lipinski definition) is 2. The molecule has 274 valence electrons. The van der Waals surface area contributed by atoms with Crippen molar-refractivity contribution in [1.29, 1.82) is 0 Å². The highest BCUT2D eigenvalue weighted by Gasteiger charge is 2.34. The van der Waals surface area contributed by atoms with E-state index in [1.807, 2.05) is 0 Å². The van der Waals surface area contributed by atoms with Crippen LogP contribution in [0.3, 0.4) is 0 Å². The molecule has 12 nitrogen and oxygen atoms in total. The van der Waals surface area contributed by atoms with Crippen molar-refractivity contribution in [2.45, 2.75) is 52.6 Å². The normalized spacial score (nSPS) is 13.2. The summed E-state index contributed by atoms with van der Waals surface area (Å²) in [6, 6.07) is 4.57. The highest BCUT2D eigenvalue weighted by atomic mass is 35.5. The molecule has 1 unspecified atom stereocenters. The molecular weight excluding hydrogens is 702 g/mol. The Labute approximate surface area is 298 Å². The fourth-order valence-electron chi connectivity index (χ4n) is 5.44. The van der Waals surface area contributed by atoms with Crippen molar-refractivity contribution >= 4 is 57.5 Å². The third-order valence-electron chi connectivity index (χ3n) is 8.25. The molecule has 0 fully saturated rings. The Morgan fingerprint density at radius 3 is 2.22 bits per heavy atom. The zero-order valence-electron chi connectivity index (χ0n) is 28.2. The third-order valence-corrected chi connectivity index (χ3v) is 9.38. The molecule has 16 heteroatoms. The van der Waals surface area contributed by atoms with Gasteiger partial charge in [0, 0.05) is 54.1 Å². The summed E-state index contributed by atoms with van der Waals surface area (Å²) in [4.78, 5) is 50.6. The number of halogens is 3. The third kappa shape index (κ3) is 9.11. The summed E-state index contributed by atoms with van der Waals surface area (Å²) in [5.41, 5.74) is 6.39. The number of amides is 1. The predicted octanol–water partition coefficient (Wildman–Crippen LogP) is 5.52. The number of nitrogens with zero attached hydrogens (tertiary/aromatic N) is 1. The minimum Gasteiger partial charge on any atom is -0.493 e. The number of carboxylic acid groups (broad SMARTS) is 1. The van der Waals surface area contributed by atoms with Gasteiger partial charge in [-0.25, -0.2) is 8.78 Å². The molecule has 1 amide bonds. The first-order valence-electron chi connectivity index (χ1n) is 15.8. The predicted molar refractivity (Wildman–Crippen MR) is 183 cm³/mol. The second-order valence-corrected chi connectivity index (χ2v) is 12.6. The highest BCUT2D eigenvalue weighted by molar-refractivity contribution is 7.20. The Morgan fingerprint density at radius 1 is 0.980 bits per heavy atom. The zero-order valence-corrected chi connectivity index (χ0v) is 29.8. The lowest BCUT2D eigenvalue weighted by Gasteiger charge is -2.22. The second-order valence-electron chi connectivity index (χ2n) is 11.5. The molecule has 50 heavy (non-hydrogen) atoms. The molecule has 1 aliphatic rings. The molecule has 0 saturated heterocycles. The number of esters is 1. The minimum absolute atomic E-state index is 0. The van der Waals surface area contributed by atoms with Gasteiger partial charge in [0.2, 0.25) is 5.91 Å². The van der Waals surface area contributed by atoms with E-state index in [-0.39, 0.29) is 122 Å². The van der Waals surface area contributed by atoms with Crippen molar-refractivity contribution < 1.29 is 56.7 Å². The summed E-state index contributed by atoms with van der Waals surface area (Å²) in [5.74, 6) is -5.20. The maximum Gasteiger partial charge on any atom is 0.307 e. The van der Waals surface area contributed by atoms with E-state index in [0.717, 1.165) is 11.3 Å². The van der Waals surface area contributed by atoms with Gasteiger partial charge in [0.1, 0.15) is 0 Å². The van der Waals surface area contributed by atoms with Crippen molar-refractivity contribution in [2.24, 2.45) is 17.6 Å². The summed E-state index contributed by atoms with van der Waals surface area (Å²) >= 11 is 1.08. The molecule has 1 aromatic heterocycles. The van der Waals surface area contributed by atoms with Crippen LogP contribution < -0.4 is 24.7 Å². The topological polar surface area (TPSA) is 164 Å². The van der Waals surface area contributed by atoms with E-state index in [1.165, 1.54) is 25.2 Å². The number of fused-ring (bicyclic) bond motifs is 2. The SMILES string of the molecule is CCOC(=O)CCC(=O)c1cc2c(F)c(OCCCOc3c(OC)cc4c(c3F)CN(C(=O)C[C@H](C(=O)O)C(C)CN)C4)c(OC)cc2s1.Cl. The van der Waals surface area contributed by atoms with E-state index < -0.39 is 41.3 Å². The number of nitrogens with two attached hydrogens (primary N) is 1. The van der Waals surface area contributed by atoms with Crippen LogP contribution in [0.15, 0.2) is 18.2 Å². The number of rotatable bonds is 18. The lowest BCUT2D eigenvalue weighted by Crippen LogP contribution is -2.34. The summed E-state index contributed by atoms with van der Waals surface area (Å²) in [6.07, 6.45) is -0.193. The Kier molecular flexibility index (Phi) is 14.6. The molecule has 4 rings (SSSR count). The van der Waals surface area contributed by atoms with E-state index in [9.17, 15) is 24.3 Å². The van der Waals surface area contributed by atoms with Crippen molar-refractivity contribution in [3.8, 4) is 23.0 Å². The largest absolute Gasteiger partial charge is 0.493 e. The number of benzene rings is 2. The molecule has 0 radical (unpaired) electrons. The zero-order chi connectivity index (χ0) is 35.8. The average Bonchev–Trinajstić information content (AvgIpc) is 3.72. The van der Waals surface area contributed by atoms with Crippen LogP contribution in [0.5, 0.6) is 23.0 Å². The average molecular weight is 743 g/mol. The molecule has 3 aromatic rings. The summed E-state index contributed by atoms with van der Waals surface area (Å²) in [7, 11) is 2.72. The standard InChI is InChI=1S/C34H40F2N2O10S.ClH/c1-5-46-29(41)8-7-23(39)27-12-21-26(49-27)14-25(45-4)33(30(21)35)48-10-6-9-47-32-24(44-3)11-19-16-38(17-22(19)31(32)36)28(40)13-20(34(42)43)18(2)15-37;/h11-12,14,18,20H,5-10,13,15-17,37H2,1-4H3,(H,42,43);1H/t18?,20-;/m0./s1. The summed E-state index contributed by atoms with van der Waals surface area (Å²) in [6.45, 7) is 3.63. The molecule has 2 aromatic carbocycles. The van der Waals surface area contributed by atoms with Gasteiger partial charge in [0.05, 0.1) is 51.3 Å². The Bertz CT molecular complexity index is 1720. The maximum atomic E-state index is 15.7. The van der Waals surface area contributed by atoms with Gasteiger partial charge in [-0.3, -0.25) is 19.2 Å². The highest BCUT2D eigenvalue weighted by Crippen LogP contribution is 2.41. The number of ether oxygens (including phenoxy) is 5. The van der Waals surface area contributed by atoms with Gasteiger partial charge in [-0.05, 0) is 37.1 Å². The van der Waals surface area contributed by atoms with Gasteiger partial charge >= 0.3 is 11.9 Å². The molecule has 2 atom stereocenters. The molecule has 3 N–H and O–H groups in total. The molecule has 2 heterocycles. The van der Waals surface area contributed by atoms with Crippen molar-refractivity contribution in [2.75, 3.05) is 40.6 Å². The van der Waals surface area contributed by atoms with Crippen LogP contribution in [-0.2, 0) is 32.2 Å².